The number of nitrogens with one attached hydrogen (secondary N) is 1. The molecule has 2 aromatic rings. The topological polar surface area (TPSA) is 41.6 Å². The van der Waals surface area contributed by atoms with Crippen LogP contribution < -0.4 is 10.1 Å². The second-order valence-corrected chi connectivity index (χ2v) is 6.72. The maximum Gasteiger partial charge on any atom is 0.322 e. The molecule has 1 saturated heterocycles. The lowest BCUT2D eigenvalue weighted by Crippen LogP contribution is -2.37. The number of amides is 2. The Bertz CT molecular complexity index is 642. The summed E-state index contributed by atoms with van der Waals surface area (Å²) in [5, 5.41) is 5.10. The minimum absolute atomic E-state index is 0.0291. The molecule has 1 aromatic carbocycles. The lowest BCUT2D eigenvalue weighted by Gasteiger charge is -2.29. The zero-order valence-corrected chi connectivity index (χ0v) is 14.1. The largest absolute Gasteiger partial charge is 0.497 e. The third-order valence-electron chi connectivity index (χ3n) is 4.21. The Hall–Kier alpha value is -2.01. The molecule has 0 aliphatic carbocycles. The first kappa shape index (κ1) is 15.9. The zero-order valence-electron chi connectivity index (χ0n) is 13.3. The van der Waals surface area contributed by atoms with Gasteiger partial charge in [0.15, 0.2) is 0 Å². The van der Waals surface area contributed by atoms with Crippen LogP contribution in [0.4, 0.5) is 10.5 Å². The molecule has 0 unspecified atom stereocenters. The number of anilines is 1. The van der Waals surface area contributed by atoms with E-state index in [1.54, 1.807) is 18.4 Å². The first-order valence-electron chi connectivity index (χ1n) is 8.03. The lowest BCUT2D eigenvalue weighted by molar-refractivity contribution is 0.190. The zero-order chi connectivity index (χ0) is 16.1. The summed E-state index contributed by atoms with van der Waals surface area (Å²) < 4.78 is 5.22. The van der Waals surface area contributed by atoms with E-state index >= 15 is 0 Å². The molecule has 3 rings (SSSR count). The van der Waals surface area contributed by atoms with Crippen molar-refractivity contribution in [3.8, 4) is 5.75 Å². The van der Waals surface area contributed by atoms with Crippen molar-refractivity contribution < 1.29 is 9.53 Å². The van der Waals surface area contributed by atoms with Gasteiger partial charge in [-0.05, 0) is 36.4 Å². The number of hydrogen-bond acceptors (Lipinski definition) is 3. The average molecular weight is 330 g/mol. The summed E-state index contributed by atoms with van der Waals surface area (Å²) in [7, 11) is 1.63. The Morgan fingerprint density at radius 3 is 2.96 bits per heavy atom. The van der Waals surface area contributed by atoms with Gasteiger partial charge in [-0.25, -0.2) is 4.79 Å². The fraction of sp³-hybridized carbons (Fsp3) is 0.389. The molecular formula is C18H22N2O2S. The van der Waals surface area contributed by atoms with E-state index in [-0.39, 0.29) is 12.1 Å². The number of rotatable bonds is 3. The van der Waals surface area contributed by atoms with Crippen molar-refractivity contribution in [3.05, 3.63) is 46.7 Å². The van der Waals surface area contributed by atoms with Gasteiger partial charge in [-0.3, -0.25) is 0 Å². The fourth-order valence-corrected chi connectivity index (χ4v) is 3.90. The van der Waals surface area contributed by atoms with Crippen molar-refractivity contribution in [1.82, 2.24) is 4.90 Å². The van der Waals surface area contributed by atoms with Crippen molar-refractivity contribution in [2.45, 2.75) is 31.7 Å². The summed E-state index contributed by atoms with van der Waals surface area (Å²) in [6.45, 7) is 0.804. The highest BCUT2D eigenvalue weighted by Crippen LogP contribution is 2.33. The van der Waals surface area contributed by atoms with Gasteiger partial charge in [0, 0.05) is 23.2 Å². The molecule has 1 aliphatic rings. The van der Waals surface area contributed by atoms with Gasteiger partial charge in [0.05, 0.1) is 13.2 Å². The molecule has 1 aromatic heterocycles. The van der Waals surface area contributed by atoms with Crippen molar-refractivity contribution in [1.29, 1.82) is 0 Å². The number of likely N-dealkylation sites (tertiary alicyclic amines) is 1. The van der Waals surface area contributed by atoms with Gasteiger partial charge in [0.25, 0.3) is 0 Å². The molecular weight excluding hydrogens is 308 g/mol. The van der Waals surface area contributed by atoms with Crippen molar-refractivity contribution >= 4 is 23.1 Å². The van der Waals surface area contributed by atoms with Crippen molar-refractivity contribution in [2.75, 3.05) is 19.0 Å². The molecule has 0 spiro atoms. The van der Waals surface area contributed by atoms with E-state index in [1.165, 1.54) is 17.7 Å². The number of carbonyl (C=O) groups is 1. The molecule has 1 aliphatic heterocycles. The van der Waals surface area contributed by atoms with Gasteiger partial charge in [-0.2, -0.15) is 0 Å². The SMILES string of the molecule is COc1cccc(NC(=O)N2CCCCC[C@@H]2c2cccs2)c1. The number of thiophene rings is 1. The summed E-state index contributed by atoms with van der Waals surface area (Å²) in [6, 6.07) is 11.8. The summed E-state index contributed by atoms with van der Waals surface area (Å²) >= 11 is 1.73. The van der Waals surface area contributed by atoms with Crippen LogP contribution in [-0.2, 0) is 0 Å². The predicted octanol–water partition coefficient (Wildman–Crippen LogP) is 4.91. The Morgan fingerprint density at radius 2 is 2.17 bits per heavy atom. The summed E-state index contributed by atoms with van der Waals surface area (Å²) in [6.07, 6.45) is 4.45. The summed E-state index contributed by atoms with van der Waals surface area (Å²) in [5.74, 6) is 0.744. The predicted molar refractivity (Wildman–Crippen MR) is 94.2 cm³/mol. The maximum absolute atomic E-state index is 12.8. The Balaban J connectivity index is 1.77. The van der Waals surface area contributed by atoms with E-state index < -0.39 is 0 Å². The third kappa shape index (κ3) is 3.85. The lowest BCUT2D eigenvalue weighted by atomic mass is 10.1. The number of carbonyl (C=O) groups excluding carboxylic acids is 1. The van der Waals surface area contributed by atoms with Gasteiger partial charge in [-0.15, -0.1) is 11.3 Å². The summed E-state index contributed by atoms with van der Waals surface area (Å²) in [5.41, 5.74) is 0.767. The monoisotopic (exact) mass is 330 g/mol. The molecule has 1 N–H and O–H groups in total. The van der Waals surface area contributed by atoms with E-state index in [0.717, 1.165) is 30.8 Å². The van der Waals surface area contributed by atoms with Crippen LogP contribution in [0.2, 0.25) is 0 Å². The number of nitrogens with zero attached hydrogens (tertiary/aromatic N) is 1. The smallest absolute Gasteiger partial charge is 0.322 e. The highest BCUT2D eigenvalue weighted by Gasteiger charge is 2.27. The Morgan fingerprint density at radius 1 is 1.26 bits per heavy atom. The second kappa shape index (κ2) is 7.51. The minimum atomic E-state index is -0.0291. The number of benzene rings is 1. The van der Waals surface area contributed by atoms with E-state index in [4.69, 9.17) is 4.74 Å². The molecule has 4 nitrogen and oxygen atoms in total. The van der Waals surface area contributed by atoms with E-state index in [2.05, 4.69) is 22.8 Å². The number of urea groups is 1. The Kier molecular flexibility index (Phi) is 5.18. The first-order valence-corrected chi connectivity index (χ1v) is 8.91. The molecule has 23 heavy (non-hydrogen) atoms. The molecule has 0 radical (unpaired) electrons. The van der Waals surface area contributed by atoms with Gasteiger partial charge in [0.2, 0.25) is 0 Å². The number of ether oxygens (including phenoxy) is 1. The quantitative estimate of drug-likeness (QED) is 0.869. The van der Waals surface area contributed by atoms with Crippen LogP contribution in [0.25, 0.3) is 0 Å². The van der Waals surface area contributed by atoms with Gasteiger partial charge in [0.1, 0.15) is 5.75 Å². The van der Waals surface area contributed by atoms with Crippen LogP contribution in [0, 0.1) is 0 Å². The highest BCUT2D eigenvalue weighted by molar-refractivity contribution is 7.10. The summed E-state index contributed by atoms with van der Waals surface area (Å²) in [4.78, 5) is 16.1. The molecule has 0 bridgehead atoms. The average Bonchev–Trinajstić information content (AvgIpc) is 2.99. The van der Waals surface area contributed by atoms with E-state index in [1.807, 2.05) is 29.2 Å². The normalized spacial score (nSPS) is 18.3. The molecule has 122 valence electrons. The molecule has 5 heteroatoms. The molecule has 1 atom stereocenters. The van der Waals surface area contributed by atoms with E-state index in [0.29, 0.717) is 0 Å². The maximum atomic E-state index is 12.8. The van der Waals surface area contributed by atoms with E-state index in [9.17, 15) is 4.79 Å². The van der Waals surface area contributed by atoms with Crippen LogP contribution >= 0.6 is 11.3 Å². The second-order valence-electron chi connectivity index (χ2n) is 5.74. The standard InChI is InChI=1S/C18H22N2O2S/c1-22-15-8-5-7-14(13-15)19-18(21)20-11-4-2-3-9-16(20)17-10-6-12-23-17/h5-8,10,12-13,16H,2-4,9,11H2,1H3,(H,19,21)/t16-/m1/s1. The van der Waals surface area contributed by atoms with Crippen LogP contribution in [-0.4, -0.2) is 24.6 Å². The first-order chi connectivity index (χ1) is 11.3. The number of methoxy groups -OCH3 is 1. The minimum Gasteiger partial charge on any atom is -0.497 e. The fourth-order valence-electron chi connectivity index (χ4n) is 3.02. The van der Waals surface area contributed by atoms with Crippen molar-refractivity contribution in [3.63, 3.8) is 0 Å². The molecule has 2 heterocycles. The third-order valence-corrected chi connectivity index (χ3v) is 5.18. The number of hydrogen-bond donors (Lipinski definition) is 1. The molecule has 2 amide bonds. The van der Waals surface area contributed by atoms with Gasteiger partial charge >= 0.3 is 6.03 Å². The van der Waals surface area contributed by atoms with Crippen molar-refractivity contribution in [2.24, 2.45) is 0 Å². The van der Waals surface area contributed by atoms with Crippen LogP contribution in [0.5, 0.6) is 5.75 Å². The van der Waals surface area contributed by atoms with Crippen LogP contribution in [0.1, 0.15) is 36.6 Å². The molecule has 1 fully saturated rings. The van der Waals surface area contributed by atoms with Crippen LogP contribution in [0.3, 0.4) is 0 Å². The van der Waals surface area contributed by atoms with Gasteiger partial charge < -0.3 is 15.0 Å². The van der Waals surface area contributed by atoms with Crippen LogP contribution in [0.15, 0.2) is 41.8 Å². The van der Waals surface area contributed by atoms with Gasteiger partial charge in [-0.1, -0.05) is 25.0 Å². The molecule has 0 saturated carbocycles. The Labute approximate surface area is 141 Å². The highest BCUT2D eigenvalue weighted by atomic mass is 32.1.